The third kappa shape index (κ3) is 1.03. The van der Waals surface area contributed by atoms with Crippen molar-refractivity contribution in [3.63, 3.8) is 0 Å². The highest BCUT2D eigenvalue weighted by Gasteiger charge is 2.20. The summed E-state index contributed by atoms with van der Waals surface area (Å²) in [6, 6.07) is 6.95. The number of para-hydroxylation sites is 1. The van der Waals surface area contributed by atoms with Gasteiger partial charge < -0.3 is 9.84 Å². The minimum absolute atomic E-state index is 0.381. The molecule has 1 atom stereocenters. The number of benzene rings is 1. The lowest BCUT2D eigenvalue weighted by Crippen LogP contribution is -2.16. The molecule has 1 aromatic rings. The Hall–Kier alpha value is -1.51. The van der Waals surface area contributed by atoms with E-state index < -0.39 is 6.36 Å². The van der Waals surface area contributed by atoms with Crippen molar-refractivity contribution in [2.45, 2.75) is 6.36 Å². The Kier molecular flexibility index (Phi) is 1.50. The summed E-state index contributed by atoms with van der Waals surface area (Å²) in [7, 11) is 0. The SMILES string of the molecule is OC1=Cc2ccccc2OC1F. The monoisotopic (exact) mass is 166 g/mol. The first-order chi connectivity index (χ1) is 5.77. The van der Waals surface area contributed by atoms with E-state index in [1.54, 1.807) is 24.3 Å². The first-order valence-electron chi connectivity index (χ1n) is 3.58. The maximum Gasteiger partial charge on any atom is 0.295 e. The molecular weight excluding hydrogens is 159 g/mol. The summed E-state index contributed by atoms with van der Waals surface area (Å²) in [5.41, 5.74) is 0.698. The molecule has 2 nitrogen and oxygen atoms in total. The number of rotatable bonds is 0. The highest BCUT2D eigenvalue weighted by molar-refractivity contribution is 5.60. The van der Waals surface area contributed by atoms with Crippen molar-refractivity contribution in [2.75, 3.05) is 0 Å². The third-order valence-corrected chi connectivity index (χ3v) is 1.69. The molecule has 0 saturated heterocycles. The van der Waals surface area contributed by atoms with Crippen LogP contribution < -0.4 is 4.74 Å². The standard InChI is InChI=1S/C9H7FO2/c10-9-7(11)5-6-3-1-2-4-8(6)12-9/h1-5,9,11H. The number of ether oxygens (including phenoxy) is 1. The lowest BCUT2D eigenvalue weighted by atomic mass is 10.1. The molecule has 2 rings (SSSR count). The fraction of sp³-hybridized carbons (Fsp3) is 0.111. The van der Waals surface area contributed by atoms with E-state index in [2.05, 4.69) is 0 Å². The van der Waals surface area contributed by atoms with E-state index in [9.17, 15) is 4.39 Å². The Labute approximate surface area is 68.9 Å². The number of hydrogen-bond acceptors (Lipinski definition) is 2. The van der Waals surface area contributed by atoms with Gasteiger partial charge in [-0.1, -0.05) is 18.2 Å². The second-order valence-electron chi connectivity index (χ2n) is 2.54. The van der Waals surface area contributed by atoms with Crippen LogP contribution in [0.25, 0.3) is 6.08 Å². The second-order valence-corrected chi connectivity index (χ2v) is 2.54. The zero-order valence-corrected chi connectivity index (χ0v) is 6.20. The van der Waals surface area contributed by atoms with Crippen molar-refractivity contribution in [1.82, 2.24) is 0 Å². The molecule has 1 heterocycles. The summed E-state index contributed by atoms with van der Waals surface area (Å²) in [5, 5.41) is 8.99. The molecule has 3 heteroatoms. The van der Waals surface area contributed by atoms with Crippen LogP contribution in [0.4, 0.5) is 4.39 Å². The molecule has 0 saturated carbocycles. The highest BCUT2D eigenvalue weighted by Crippen LogP contribution is 2.28. The van der Waals surface area contributed by atoms with Crippen molar-refractivity contribution in [1.29, 1.82) is 0 Å². The van der Waals surface area contributed by atoms with Gasteiger partial charge in [-0.25, -0.2) is 0 Å². The maximum atomic E-state index is 12.7. The van der Waals surface area contributed by atoms with Gasteiger partial charge in [-0.2, -0.15) is 4.39 Å². The minimum Gasteiger partial charge on any atom is -0.506 e. The predicted molar refractivity (Wildman–Crippen MR) is 42.6 cm³/mol. The zero-order chi connectivity index (χ0) is 8.55. The summed E-state index contributed by atoms with van der Waals surface area (Å²) < 4.78 is 17.5. The largest absolute Gasteiger partial charge is 0.506 e. The van der Waals surface area contributed by atoms with E-state index in [1.807, 2.05) is 0 Å². The summed E-state index contributed by atoms with van der Waals surface area (Å²) in [4.78, 5) is 0. The molecule has 0 radical (unpaired) electrons. The molecule has 0 aliphatic carbocycles. The van der Waals surface area contributed by atoms with Crippen LogP contribution in [0.1, 0.15) is 5.56 Å². The summed E-state index contributed by atoms with van der Waals surface area (Å²) in [6.45, 7) is 0. The van der Waals surface area contributed by atoms with E-state index in [4.69, 9.17) is 9.84 Å². The van der Waals surface area contributed by atoms with E-state index in [0.717, 1.165) is 0 Å². The average molecular weight is 166 g/mol. The Morgan fingerprint density at radius 1 is 1.33 bits per heavy atom. The van der Waals surface area contributed by atoms with Crippen LogP contribution in [-0.2, 0) is 0 Å². The Morgan fingerprint density at radius 2 is 2.08 bits per heavy atom. The molecule has 0 amide bonds. The molecule has 12 heavy (non-hydrogen) atoms. The summed E-state index contributed by atoms with van der Waals surface area (Å²) in [5.74, 6) is 0.0801. The van der Waals surface area contributed by atoms with E-state index in [1.165, 1.54) is 6.08 Å². The van der Waals surface area contributed by atoms with Gasteiger partial charge in [-0.3, -0.25) is 0 Å². The number of aliphatic hydroxyl groups excluding tert-OH is 1. The topological polar surface area (TPSA) is 29.5 Å². The van der Waals surface area contributed by atoms with Gasteiger partial charge in [-0.05, 0) is 12.1 Å². The van der Waals surface area contributed by atoms with Gasteiger partial charge in [-0.15, -0.1) is 0 Å². The van der Waals surface area contributed by atoms with Gasteiger partial charge in [0.1, 0.15) is 5.75 Å². The first kappa shape index (κ1) is 7.16. The van der Waals surface area contributed by atoms with Crippen LogP contribution in [0.2, 0.25) is 0 Å². The molecule has 1 aliphatic rings. The lowest BCUT2D eigenvalue weighted by molar-refractivity contribution is 0.0585. The second kappa shape index (κ2) is 2.52. The molecule has 1 aliphatic heterocycles. The number of alkyl halides is 1. The molecule has 0 bridgehead atoms. The number of halogens is 1. The van der Waals surface area contributed by atoms with Gasteiger partial charge >= 0.3 is 0 Å². The van der Waals surface area contributed by atoms with E-state index in [-0.39, 0.29) is 5.76 Å². The number of aliphatic hydroxyl groups is 1. The van der Waals surface area contributed by atoms with Gasteiger partial charge in [0.2, 0.25) is 0 Å². The fourth-order valence-corrected chi connectivity index (χ4v) is 1.10. The molecule has 1 aromatic carbocycles. The summed E-state index contributed by atoms with van der Waals surface area (Å²) >= 11 is 0. The van der Waals surface area contributed by atoms with Crippen molar-refractivity contribution in [3.8, 4) is 5.75 Å². The van der Waals surface area contributed by atoms with Gasteiger partial charge in [0.25, 0.3) is 6.36 Å². The van der Waals surface area contributed by atoms with Crippen molar-refractivity contribution >= 4 is 6.08 Å². The van der Waals surface area contributed by atoms with Crippen LogP contribution in [0, 0.1) is 0 Å². The normalized spacial score (nSPS) is 20.8. The molecule has 0 aromatic heterocycles. The third-order valence-electron chi connectivity index (χ3n) is 1.69. The summed E-state index contributed by atoms with van der Waals surface area (Å²) in [6.07, 6.45) is -0.358. The smallest absolute Gasteiger partial charge is 0.295 e. The minimum atomic E-state index is -1.72. The molecule has 1 unspecified atom stereocenters. The van der Waals surface area contributed by atoms with Crippen LogP contribution >= 0.6 is 0 Å². The molecule has 1 N–H and O–H groups in total. The number of fused-ring (bicyclic) bond motifs is 1. The Balaban J connectivity index is 2.49. The quantitative estimate of drug-likeness (QED) is 0.640. The molecular formula is C9H7FO2. The zero-order valence-electron chi connectivity index (χ0n) is 6.20. The first-order valence-corrected chi connectivity index (χ1v) is 3.58. The van der Waals surface area contributed by atoms with E-state index in [0.29, 0.717) is 11.3 Å². The maximum absolute atomic E-state index is 12.7. The van der Waals surface area contributed by atoms with Crippen molar-refractivity contribution in [3.05, 3.63) is 35.6 Å². The van der Waals surface area contributed by atoms with Crippen molar-refractivity contribution < 1.29 is 14.2 Å². The predicted octanol–water partition coefficient (Wildman–Crippen LogP) is 2.27. The molecule has 62 valence electrons. The van der Waals surface area contributed by atoms with E-state index >= 15 is 0 Å². The Morgan fingerprint density at radius 3 is 2.92 bits per heavy atom. The van der Waals surface area contributed by atoms with Crippen LogP contribution in [0.5, 0.6) is 5.75 Å². The van der Waals surface area contributed by atoms with Gasteiger partial charge in [0.15, 0.2) is 5.76 Å². The molecule has 0 spiro atoms. The number of hydrogen-bond donors (Lipinski definition) is 1. The lowest BCUT2D eigenvalue weighted by Gasteiger charge is -2.17. The molecule has 0 fully saturated rings. The van der Waals surface area contributed by atoms with Crippen LogP contribution in [0.3, 0.4) is 0 Å². The van der Waals surface area contributed by atoms with Crippen LogP contribution in [-0.4, -0.2) is 11.5 Å². The highest BCUT2D eigenvalue weighted by atomic mass is 19.1. The average Bonchev–Trinajstić information content (AvgIpc) is 2.07. The fourth-order valence-electron chi connectivity index (χ4n) is 1.10. The van der Waals surface area contributed by atoms with Crippen molar-refractivity contribution in [2.24, 2.45) is 0 Å². The Bertz CT molecular complexity index is 333. The van der Waals surface area contributed by atoms with Crippen LogP contribution in [0.15, 0.2) is 30.0 Å². The van der Waals surface area contributed by atoms with Gasteiger partial charge in [0, 0.05) is 5.56 Å². The van der Waals surface area contributed by atoms with Gasteiger partial charge in [0.05, 0.1) is 0 Å².